The van der Waals surface area contributed by atoms with E-state index in [2.05, 4.69) is 0 Å². The van der Waals surface area contributed by atoms with Crippen molar-refractivity contribution in [2.45, 2.75) is 37.8 Å². The summed E-state index contributed by atoms with van der Waals surface area (Å²) in [5.41, 5.74) is 7.05. The number of benzene rings is 1. The highest BCUT2D eigenvalue weighted by molar-refractivity contribution is 5.54. The first-order chi connectivity index (χ1) is 10.1. The van der Waals surface area contributed by atoms with Gasteiger partial charge in [0.2, 0.25) is 5.75 Å². The van der Waals surface area contributed by atoms with Gasteiger partial charge in [0, 0.05) is 0 Å². The van der Waals surface area contributed by atoms with Gasteiger partial charge in [-0.1, -0.05) is 12.8 Å². The van der Waals surface area contributed by atoms with Crippen molar-refractivity contribution >= 4 is 0 Å². The first-order valence-corrected chi connectivity index (χ1v) is 7.36. The molecule has 1 aromatic rings. The molecule has 0 radical (unpaired) electrons. The molecule has 0 unspecified atom stereocenters. The summed E-state index contributed by atoms with van der Waals surface area (Å²) in [5.74, 6) is 1.92. The Balaban J connectivity index is 2.29. The fourth-order valence-corrected chi connectivity index (χ4v) is 3.08. The van der Waals surface area contributed by atoms with E-state index in [1.807, 2.05) is 12.1 Å². The van der Waals surface area contributed by atoms with Gasteiger partial charge in [0.15, 0.2) is 11.5 Å². The Labute approximate surface area is 126 Å². The summed E-state index contributed by atoms with van der Waals surface area (Å²) in [6.45, 7) is 0. The molecule has 0 heterocycles. The van der Waals surface area contributed by atoms with E-state index in [9.17, 15) is 5.11 Å². The maximum Gasteiger partial charge on any atom is 0.203 e. The summed E-state index contributed by atoms with van der Waals surface area (Å²) in [6.07, 6.45) is 3.88. The Morgan fingerprint density at radius 3 is 2.00 bits per heavy atom. The van der Waals surface area contributed by atoms with Gasteiger partial charge in [-0.3, -0.25) is 0 Å². The minimum absolute atomic E-state index is 0.277. The van der Waals surface area contributed by atoms with Crippen LogP contribution in [0.2, 0.25) is 0 Å². The van der Waals surface area contributed by atoms with Crippen LogP contribution in [0.3, 0.4) is 0 Å². The maximum absolute atomic E-state index is 10.5. The molecule has 0 bridgehead atoms. The van der Waals surface area contributed by atoms with Crippen molar-refractivity contribution < 1.29 is 19.3 Å². The van der Waals surface area contributed by atoms with Crippen LogP contribution >= 0.6 is 0 Å². The van der Waals surface area contributed by atoms with Crippen molar-refractivity contribution in [1.82, 2.24) is 0 Å². The number of aliphatic hydroxyl groups is 1. The summed E-state index contributed by atoms with van der Waals surface area (Å²) >= 11 is 0. The number of aliphatic hydroxyl groups excluding tert-OH is 1. The van der Waals surface area contributed by atoms with Crippen LogP contribution in [0.5, 0.6) is 17.2 Å². The van der Waals surface area contributed by atoms with E-state index in [4.69, 9.17) is 19.9 Å². The summed E-state index contributed by atoms with van der Waals surface area (Å²) in [4.78, 5) is 0. The largest absolute Gasteiger partial charge is 0.493 e. The first kappa shape index (κ1) is 15.9. The SMILES string of the molecule is COc1cc([C@H](N)[C@H](O)C2CCCC2)cc(OC)c1OC. The van der Waals surface area contributed by atoms with Crippen molar-refractivity contribution in [1.29, 1.82) is 0 Å². The highest BCUT2D eigenvalue weighted by atomic mass is 16.5. The quantitative estimate of drug-likeness (QED) is 0.842. The normalized spacial score (nSPS) is 18.3. The predicted octanol–water partition coefficient (Wildman–Crippen LogP) is 2.26. The lowest BCUT2D eigenvalue weighted by molar-refractivity contribution is 0.0843. The van der Waals surface area contributed by atoms with Crippen LogP contribution < -0.4 is 19.9 Å². The van der Waals surface area contributed by atoms with E-state index in [1.165, 1.54) is 12.8 Å². The average molecular weight is 295 g/mol. The highest BCUT2D eigenvalue weighted by Crippen LogP contribution is 2.41. The monoisotopic (exact) mass is 295 g/mol. The van der Waals surface area contributed by atoms with Crippen LogP contribution in [0, 0.1) is 5.92 Å². The van der Waals surface area contributed by atoms with Crippen LogP contribution in [-0.2, 0) is 0 Å². The van der Waals surface area contributed by atoms with Gasteiger partial charge in [-0.25, -0.2) is 0 Å². The maximum atomic E-state index is 10.5. The van der Waals surface area contributed by atoms with Crippen LogP contribution in [0.25, 0.3) is 0 Å². The Kier molecular flexibility index (Phi) is 5.31. The van der Waals surface area contributed by atoms with Crippen LogP contribution in [-0.4, -0.2) is 32.5 Å². The zero-order chi connectivity index (χ0) is 15.4. The molecule has 1 aromatic carbocycles. The van der Waals surface area contributed by atoms with Gasteiger partial charge in [0.1, 0.15) is 0 Å². The van der Waals surface area contributed by atoms with Gasteiger partial charge in [0.25, 0.3) is 0 Å². The molecule has 118 valence electrons. The molecular weight excluding hydrogens is 270 g/mol. The Morgan fingerprint density at radius 1 is 1.05 bits per heavy atom. The van der Waals surface area contributed by atoms with E-state index < -0.39 is 12.1 Å². The molecule has 1 aliphatic rings. The minimum Gasteiger partial charge on any atom is -0.493 e. The highest BCUT2D eigenvalue weighted by Gasteiger charge is 2.30. The zero-order valence-electron chi connectivity index (χ0n) is 13.0. The second-order valence-electron chi connectivity index (χ2n) is 5.52. The van der Waals surface area contributed by atoms with Gasteiger partial charge >= 0.3 is 0 Å². The average Bonchev–Trinajstić information content (AvgIpc) is 3.06. The van der Waals surface area contributed by atoms with Gasteiger partial charge in [-0.15, -0.1) is 0 Å². The Bertz CT molecular complexity index is 446. The smallest absolute Gasteiger partial charge is 0.203 e. The summed E-state index contributed by atoms with van der Waals surface area (Å²) in [7, 11) is 4.70. The van der Waals surface area contributed by atoms with Crippen LogP contribution in [0.4, 0.5) is 0 Å². The molecule has 0 aromatic heterocycles. The molecule has 1 fully saturated rings. The standard InChI is InChI=1S/C16H25NO4/c1-19-12-8-11(9-13(20-2)16(12)21-3)14(17)15(18)10-6-4-5-7-10/h8-10,14-15,18H,4-7,17H2,1-3H3/t14-,15+/m0/s1. The number of hydrogen-bond acceptors (Lipinski definition) is 5. The van der Waals surface area contributed by atoms with E-state index in [0.29, 0.717) is 17.2 Å². The number of rotatable bonds is 6. The van der Waals surface area contributed by atoms with Crippen LogP contribution in [0.15, 0.2) is 12.1 Å². The van der Waals surface area contributed by atoms with Gasteiger partial charge < -0.3 is 25.1 Å². The van der Waals surface area contributed by atoms with Crippen LogP contribution in [0.1, 0.15) is 37.3 Å². The molecule has 2 rings (SSSR count). The summed E-state index contributed by atoms with van der Waals surface area (Å²) < 4.78 is 16.0. The van der Waals surface area contributed by atoms with Crippen molar-refractivity contribution in [3.63, 3.8) is 0 Å². The van der Waals surface area contributed by atoms with Gasteiger partial charge in [-0.2, -0.15) is 0 Å². The summed E-state index contributed by atoms with van der Waals surface area (Å²) in [5, 5.41) is 10.5. The molecule has 5 heteroatoms. The molecule has 2 atom stereocenters. The van der Waals surface area contributed by atoms with Gasteiger partial charge in [-0.05, 0) is 36.5 Å². The second-order valence-corrected chi connectivity index (χ2v) is 5.52. The molecule has 5 nitrogen and oxygen atoms in total. The van der Waals surface area contributed by atoms with Crippen molar-refractivity contribution in [2.24, 2.45) is 11.7 Å². The lowest BCUT2D eigenvalue weighted by Crippen LogP contribution is -2.32. The summed E-state index contributed by atoms with van der Waals surface area (Å²) in [6, 6.07) is 3.16. The predicted molar refractivity (Wildman–Crippen MR) is 81.0 cm³/mol. The first-order valence-electron chi connectivity index (χ1n) is 7.36. The molecule has 0 amide bonds. The third kappa shape index (κ3) is 3.24. The van der Waals surface area contributed by atoms with E-state index >= 15 is 0 Å². The van der Waals surface area contributed by atoms with Crippen molar-refractivity contribution in [2.75, 3.05) is 21.3 Å². The number of nitrogens with two attached hydrogens (primary N) is 1. The Morgan fingerprint density at radius 2 is 1.57 bits per heavy atom. The Hall–Kier alpha value is -1.46. The van der Waals surface area contributed by atoms with Gasteiger partial charge in [0.05, 0.1) is 33.5 Å². The molecular formula is C16H25NO4. The topological polar surface area (TPSA) is 73.9 Å². The van der Waals surface area contributed by atoms with Crippen molar-refractivity contribution in [3.05, 3.63) is 17.7 Å². The number of methoxy groups -OCH3 is 3. The zero-order valence-corrected chi connectivity index (χ0v) is 13.0. The fourth-order valence-electron chi connectivity index (χ4n) is 3.08. The lowest BCUT2D eigenvalue weighted by Gasteiger charge is -2.25. The second kappa shape index (κ2) is 7.00. The minimum atomic E-state index is -0.546. The van der Waals surface area contributed by atoms with Crippen molar-refractivity contribution in [3.8, 4) is 17.2 Å². The third-order valence-electron chi connectivity index (χ3n) is 4.32. The van der Waals surface area contributed by atoms with E-state index in [1.54, 1.807) is 21.3 Å². The molecule has 0 aliphatic heterocycles. The fraction of sp³-hybridized carbons (Fsp3) is 0.625. The molecule has 1 aliphatic carbocycles. The molecule has 1 saturated carbocycles. The number of hydrogen-bond donors (Lipinski definition) is 2. The molecule has 0 spiro atoms. The third-order valence-corrected chi connectivity index (χ3v) is 4.32. The molecule has 21 heavy (non-hydrogen) atoms. The van der Waals surface area contributed by atoms with E-state index in [0.717, 1.165) is 18.4 Å². The lowest BCUT2D eigenvalue weighted by atomic mass is 9.90. The number of ether oxygens (including phenoxy) is 3. The molecule has 3 N–H and O–H groups in total. The van der Waals surface area contributed by atoms with E-state index in [-0.39, 0.29) is 5.92 Å². The molecule has 0 saturated heterocycles.